The number of hydrogen-bond acceptors (Lipinski definition) is 7. The van der Waals surface area contributed by atoms with Gasteiger partial charge in [0.1, 0.15) is 0 Å². The van der Waals surface area contributed by atoms with Gasteiger partial charge in [0.25, 0.3) is 5.88 Å². The van der Waals surface area contributed by atoms with Crippen LogP contribution in [-0.4, -0.2) is 45.2 Å². The number of carbonyl (C=O) groups excluding carboxylic acids is 1. The largest absolute Gasteiger partial charge is 0.418 e. The molecule has 2 aromatic heterocycles. The first-order chi connectivity index (χ1) is 11.9. The highest BCUT2D eigenvalue weighted by atomic mass is 16.6. The first kappa shape index (κ1) is 16.6. The van der Waals surface area contributed by atoms with Crippen molar-refractivity contribution in [1.29, 1.82) is 0 Å². The molecule has 1 aromatic carbocycles. The average molecular weight is 341 g/mol. The van der Waals surface area contributed by atoms with Gasteiger partial charge in [-0.15, -0.1) is 10.2 Å². The zero-order chi connectivity index (χ0) is 18.0. The van der Waals surface area contributed by atoms with Crippen LogP contribution in [0.4, 0.5) is 16.4 Å². The summed E-state index contributed by atoms with van der Waals surface area (Å²) in [5.74, 6) is 0.444. The van der Waals surface area contributed by atoms with E-state index in [0.29, 0.717) is 22.8 Å². The maximum absolute atomic E-state index is 12.2. The molecule has 1 amide bonds. The standard InChI is InChI=1S/C16H19N7O2/c1-10(2)23-20-12-13(21-23)18-15(22(3)4)19-14(12)25-16(24)17-11-8-6-5-7-9-11/h5-10H,1-4H3,(H,17,24). The van der Waals surface area contributed by atoms with Gasteiger partial charge in [0.2, 0.25) is 11.6 Å². The molecule has 3 rings (SSSR count). The minimum Gasteiger partial charge on any atom is -0.388 e. The van der Waals surface area contributed by atoms with Gasteiger partial charge in [-0.05, 0) is 26.0 Å². The molecule has 25 heavy (non-hydrogen) atoms. The number of rotatable bonds is 4. The maximum atomic E-state index is 12.2. The molecule has 0 radical (unpaired) electrons. The van der Waals surface area contributed by atoms with Crippen LogP contribution in [0.5, 0.6) is 5.88 Å². The van der Waals surface area contributed by atoms with Gasteiger partial charge in [0.05, 0.1) is 6.04 Å². The molecule has 0 aliphatic heterocycles. The molecule has 0 bridgehead atoms. The number of aromatic nitrogens is 5. The Morgan fingerprint density at radius 1 is 1.16 bits per heavy atom. The SMILES string of the molecule is CC(C)n1nc2nc(N(C)C)nc(OC(=O)Nc3ccccc3)c2n1. The van der Waals surface area contributed by atoms with Crippen LogP contribution in [0, 0.1) is 0 Å². The second-order valence-electron chi connectivity index (χ2n) is 5.89. The van der Waals surface area contributed by atoms with Gasteiger partial charge in [-0.2, -0.15) is 14.8 Å². The van der Waals surface area contributed by atoms with E-state index in [1.165, 1.54) is 4.80 Å². The lowest BCUT2D eigenvalue weighted by atomic mass is 10.3. The minimum absolute atomic E-state index is 0.0444. The lowest BCUT2D eigenvalue weighted by molar-refractivity contribution is 0.214. The molecule has 130 valence electrons. The second-order valence-corrected chi connectivity index (χ2v) is 5.89. The van der Waals surface area contributed by atoms with Crippen LogP contribution in [0.1, 0.15) is 19.9 Å². The van der Waals surface area contributed by atoms with Gasteiger partial charge in [-0.3, -0.25) is 5.32 Å². The molecular weight excluding hydrogens is 322 g/mol. The third kappa shape index (κ3) is 3.65. The van der Waals surface area contributed by atoms with E-state index in [4.69, 9.17) is 4.74 Å². The number of para-hydroxylation sites is 1. The molecule has 3 aromatic rings. The molecule has 0 aliphatic carbocycles. The normalized spacial score (nSPS) is 10.9. The summed E-state index contributed by atoms with van der Waals surface area (Å²) in [5, 5.41) is 11.3. The topological polar surface area (TPSA) is 98.1 Å². The first-order valence-corrected chi connectivity index (χ1v) is 7.80. The Balaban J connectivity index is 1.94. The molecule has 1 N–H and O–H groups in total. The molecule has 0 aliphatic rings. The summed E-state index contributed by atoms with van der Waals surface area (Å²) in [6.45, 7) is 3.89. The van der Waals surface area contributed by atoms with Crippen LogP contribution < -0.4 is 15.0 Å². The van der Waals surface area contributed by atoms with Crippen molar-refractivity contribution in [1.82, 2.24) is 25.0 Å². The number of nitrogens with zero attached hydrogens (tertiary/aromatic N) is 6. The highest BCUT2D eigenvalue weighted by Crippen LogP contribution is 2.23. The fourth-order valence-corrected chi connectivity index (χ4v) is 2.05. The number of hydrogen-bond donors (Lipinski definition) is 1. The Morgan fingerprint density at radius 2 is 1.88 bits per heavy atom. The van der Waals surface area contributed by atoms with Crippen LogP contribution in [0.25, 0.3) is 11.2 Å². The third-order valence-electron chi connectivity index (χ3n) is 3.29. The van der Waals surface area contributed by atoms with Crippen LogP contribution >= 0.6 is 0 Å². The molecule has 0 saturated heterocycles. The van der Waals surface area contributed by atoms with Gasteiger partial charge in [0, 0.05) is 19.8 Å². The molecule has 2 heterocycles. The minimum atomic E-state index is -0.657. The fourth-order valence-electron chi connectivity index (χ4n) is 2.05. The highest BCUT2D eigenvalue weighted by molar-refractivity contribution is 5.88. The van der Waals surface area contributed by atoms with Crippen LogP contribution in [0.2, 0.25) is 0 Å². The van der Waals surface area contributed by atoms with E-state index in [9.17, 15) is 4.79 Å². The number of fused-ring (bicyclic) bond motifs is 1. The molecule has 0 fully saturated rings. The van der Waals surface area contributed by atoms with Gasteiger partial charge in [-0.25, -0.2) is 4.79 Å². The van der Waals surface area contributed by atoms with E-state index in [1.54, 1.807) is 31.1 Å². The van der Waals surface area contributed by atoms with E-state index in [0.717, 1.165) is 0 Å². The fraction of sp³-hybridized carbons (Fsp3) is 0.312. The lowest BCUT2D eigenvalue weighted by Gasteiger charge is -2.11. The van der Waals surface area contributed by atoms with Gasteiger partial charge < -0.3 is 9.64 Å². The Hall–Kier alpha value is -3.23. The average Bonchev–Trinajstić information content (AvgIpc) is 3.00. The van der Waals surface area contributed by atoms with Crippen LogP contribution in [0.15, 0.2) is 30.3 Å². The van der Waals surface area contributed by atoms with Gasteiger partial charge in [-0.1, -0.05) is 18.2 Å². The summed E-state index contributed by atoms with van der Waals surface area (Å²) in [5.41, 5.74) is 1.33. The number of carbonyl (C=O) groups is 1. The monoisotopic (exact) mass is 341 g/mol. The van der Waals surface area contributed by atoms with Crippen LogP contribution in [-0.2, 0) is 0 Å². The summed E-state index contributed by atoms with van der Waals surface area (Å²) >= 11 is 0. The van der Waals surface area contributed by atoms with E-state index < -0.39 is 6.09 Å². The maximum Gasteiger partial charge on any atom is 0.418 e. The van der Waals surface area contributed by atoms with Crippen molar-refractivity contribution in [3.05, 3.63) is 30.3 Å². The predicted molar refractivity (Wildman–Crippen MR) is 93.9 cm³/mol. The first-order valence-electron chi connectivity index (χ1n) is 7.80. The van der Waals surface area contributed by atoms with Crippen molar-refractivity contribution >= 4 is 28.9 Å². The summed E-state index contributed by atoms with van der Waals surface area (Å²) in [7, 11) is 3.59. The molecule has 9 heteroatoms. The molecule has 0 unspecified atom stereocenters. The smallest absolute Gasteiger partial charge is 0.388 e. The summed E-state index contributed by atoms with van der Waals surface area (Å²) in [6.07, 6.45) is -0.657. The quantitative estimate of drug-likeness (QED) is 0.778. The van der Waals surface area contributed by atoms with E-state index in [1.807, 2.05) is 32.0 Å². The van der Waals surface area contributed by atoms with E-state index in [-0.39, 0.29) is 11.9 Å². The van der Waals surface area contributed by atoms with Crippen molar-refractivity contribution < 1.29 is 9.53 Å². The van der Waals surface area contributed by atoms with Gasteiger partial charge >= 0.3 is 6.09 Å². The van der Waals surface area contributed by atoms with Crippen molar-refractivity contribution in [3.8, 4) is 5.88 Å². The Bertz CT molecular complexity index is 890. The number of anilines is 2. The number of nitrogens with one attached hydrogen (secondary N) is 1. The molecule has 0 atom stereocenters. The predicted octanol–water partition coefficient (Wildman–Crippen LogP) is 2.48. The Kier molecular flexibility index (Phi) is 4.46. The Labute approximate surface area is 144 Å². The van der Waals surface area contributed by atoms with E-state index >= 15 is 0 Å². The third-order valence-corrected chi connectivity index (χ3v) is 3.29. The zero-order valence-electron chi connectivity index (χ0n) is 14.5. The second kappa shape index (κ2) is 6.71. The summed E-state index contributed by atoms with van der Waals surface area (Å²) in [4.78, 5) is 24.0. The summed E-state index contributed by atoms with van der Waals surface area (Å²) in [6, 6.07) is 9.06. The number of ether oxygens (including phenoxy) is 1. The molecular formula is C16H19N7O2. The van der Waals surface area contributed by atoms with E-state index in [2.05, 4.69) is 25.5 Å². The zero-order valence-corrected chi connectivity index (χ0v) is 14.5. The van der Waals surface area contributed by atoms with Crippen molar-refractivity contribution in [2.75, 3.05) is 24.3 Å². The summed E-state index contributed by atoms with van der Waals surface area (Å²) < 4.78 is 5.37. The van der Waals surface area contributed by atoms with Crippen molar-refractivity contribution in [2.45, 2.75) is 19.9 Å². The van der Waals surface area contributed by atoms with Gasteiger partial charge in [0.15, 0.2) is 5.52 Å². The molecule has 0 spiro atoms. The van der Waals surface area contributed by atoms with Crippen molar-refractivity contribution in [2.24, 2.45) is 0 Å². The highest BCUT2D eigenvalue weighted by Gasteiger charge is 2.19. The number of amides is 1. The molecule has 9 nitrogen and oxygen atoms in total. The van der Waals surface area contributed by atoms with Crippen LogP contribution in [0.3, 0.4) is 0 Å². The number of benzene rings is 1. The lowest BCUT2D eigenvalue weighted by Crippen LogP contribution is -2.19. The Morgan fingerprint density at radius 3 is 2.52 bits per heavy atom. The molecule has 0 saturated carbocycles. The van der Waals surface area contributed by atoms with Crippen molar-refractivity contribution in [3.63, 3.8) is 0 Å².